The number of ether oxygens (including phenoxy) is 1. The van der Waals surface area contributed by atoms with Gasteiger partial charge in [-0.2, -0.15) is 5.10 Å². The van der Waals surface area contributed by atoms with Gasteiger partial charge in [0.05, 0.1) is 5.69 Å². The Balaban J connectivity index is 1.64. The Morgan fingerprint density at radius 1 is 1.30 bits per heavy atom. The third-order valence-electron chi connectivity index (χ3n) is 5.14. The lowest BCUT2D eigenvalue weighted by molar-refractivity contribution is -0.121. The van der Waals surface area contributed by atoms with Crippen LogP contribution >= 0.6 is 0 Å². The number of carbonyl (C=O) groups is 2. The number of rotatable bonds is 2. The quantitative estimate of drug-likeness (QED) is 0.752. The van der Waals surface area contributed by atoms with Crippen molar-refractivity contribution in [1.82, 2.24) is 14.6 Å². The summed E-state index contributed by atoms with van der Waals surface area (Å²) in [5.74, 6) is 0.415. The second-order valence-corrected chi connectivity index (χ2v) is 6.66. The number of hydrogen-bond acceptors (Lipinski definition) is 5. The fourth-order valence-corrected chi connectivity index (χ4v) is 3.85. The Labute approximate surface area is 154 Å². The van der Waals surface area contributed by atoms with Crippen molar-refractivity contribution in [2.24, 2.45) is 0 Å². The molecule has 0 spiro atoms. The minimum atomic E-state index is -0.114. The van der Waals surface area contributed by atoms with Crippen molar-refractivity contribution in [3.8, 4) is 5.75 Å². The monoisotopic (exact) mass is 363 g/mol. The van der Waals surface area contributed by atoms with Crippen LogP contribution in [0.5, 0.6) is 5.75 Å². The van der Waals surface area contributed by atoms with Crippen LogP contribution in [-0.4, -0.2) is 39.6 Å². The minimum Gasteiger partial charge on any atom is -0.482 e. The van der Waals surface area contributed by atoms with E-state index in [2.05, 4.69) is 15.4 Å². The third-order valence-corrected chi connectivity index (χ3v) is 5.14. The molecule has 0 fully saturated rings. The average Bonchev–Trinajstić information content (AvgIpc) is 3.14. The zero-order valence-electron chi connectivity index (χ0n) is 14.7. The van der Waals surface area contributed by atoms with Crippen LogP contribution in [0.15, 0.2) is 36.8 Å². The number of aromatic nitrogens is 3. The summed E-state index contributed by atoms with van der Waals surface area (Å²) in [7, 11) is 0. The van der Waals surface area contributed by atoms with Crippen LogP contribution in [0.1, 0.15) is 30.4 Å². The lowest BCUT2D eigenvalue weighted by Crippen LogP contribution is -2.39. The Morgan fingerprint density at radius 2 is 2.19 bits per heavy atom. The predicted octanol–water partition coefficient (Wildman–Crippen LogP) is 1.95. The van der Waals surface area contributed by atoms with Gasteiger partial charge in [0.25, 0.3) is 5.91 Å². The van der Waals surface area contributed by atoms with E-state index in [-0.39, 0.29) is 24.3 Å². The van der Waals surface area contributed by atoms with Gasteiger partial charge in [0.1, 0.15) is 12.1 Å². The first-order valence-electron chi connectivity index (χ1n) is 8.84. The lowest BCUT2D eigenvalue weighted by atomic mass is 9.84. The molecule has 0 bridgehead atoms. The van der Waals surface area contributed by atoms with Crippen molar-refractivity contribution in [3.05, 3.63) is 47.9 Å². The Kier molecular flexibility index (Phi) is 3.40. The Hall–Kier alpha value is -3.42. The van der Waals surface area contributed by atoms with Crippen molar-refractivity contribution in [2.75, 3.05) is 23.4 Å². The maximum atomic E-state index is 12.4. The molecule has 0 saturated heterocycles. The van der Waals surface area contributed by atoms with Crippen molar-refractivity contribution in [1.29, 1.82) is 0 Å². The van der Waals surface area contributed by atoms with Gasteiger partial charge < -0.3 is 15.0 Å². The van der Waals surface area contributed by atoms with Crippen molar-refractivity contribution in [3.63, 3.8) is 0 Å². The van der Waals surface area contributed by atoms with Gasteiger partial charge in [-0.25, -0.2) is 9.50 Å². The maximum absolute atomic E-state index is 12.4. The summed E-state index contributed by atoms with van der Waals surface area (Å²) in [5, 5.41) is 7.05. The molecule has 8 nitrogen and oxygen atoms in total. The van der Waals surface area contributed by atoms with Gasteiger partial charge in [0, 0.05) is 30.8 Å². The van der Waals surface area contributed by atoms with Crippen LogP contribution < -0.4 is 15.0 Å². The highest BCUT2D eigenvalue weighted by Crippen LogP contribution is 2.44. The molecule has 4 heterocycles. The molecule has 5 rings (SSSR count). The van der Waals surface area contributed by atoms with Gasteiger partial charge in [-0.3, -0.25) is 9.59 Å². The molecule has 2 aliphatic rings. The average molecular weight is 363 g/mol. The lowest BCUT2D eigenvalue weighted by Gasteiger charge is -2.32. The molecule has 1 N–H and O–H groups in total. The van der Waals surface area contributed by atoms with Gasteiger partial charge in [-0.1, -0.05) is 0 Å². The van der Waals surface area contributed by atoms with Gasteiger partial charge >= 0.3 is 0 Å². The smallest absolute Gasteiger partial charge is 0.265 e. The summed E-state index contributed by atoms with van der Waals surface area (Å²) >= 11 is 0. The highest BCUT2D eigenvalue weighted by molar-refractivity contribution is 6.01. The number of anilines is 2. The first kappa shape index (κ1) is 15.8. The minimum absolute atomic E-state index is 0.0301. The van der Waals surface area contributed by atoms with Gasteiger partial charge in [0.15, 0.2) is 12.3 Å². The van der Waals surface area contributed by atoms with Crippen LogP contribution in [0.2, 0.25) is 0 Å². The van der Waals surface area contributed by atoms with Crippen LogP contribution in [0.25, 0.3) is 5.65 Å². The summed E-state index contributed by atoms with van der Waals surface area (Å²) < 4.78 is 7.36. The molecular formula is C19H17N5O3. The number of pyridine rings is 1. The SMILES string of the molecule is CCN1C(=O)COc2cc3c(cc21)NC(=O)CC3c1ccn2ncnc2c1. The van der Waals surface area contributed by atoms with Gasteiger partial charge in [-0.05, 0) is 42.3 Å². The third kappa shape index (κ3) is 2.44. The highest BCUT2D eigenvalue weighted by atomic mass is 16.5. The number of hydrogen-bond donors (Lipinski definition) is 1. The molecule has 0 saturated carbocycles. The normalized spacial score (nSPS) is 18.7. The molecule has 136 valence electrons. The van der Waals surface area contributed by atoms with Crippen LogP contribution in [-0.2, 0) is 9.59 Å². The number of likely N-dealkylation sites (N-methyl/N-ethyl adjacent to an activating group) is 1. The number of benzene rings is 1. The summed E-state index contributed by atoms with van der Waals surface area (Å²) in [5.41, 5.74) is 4.11. The Morgan fingerprint density at radius 3 is 3.04 bits per heavy atom. The molecule has 1 aromatic carbocycles. The van der Waals surface area contributed by atoms with E-state index in [1.54, 1.807) is 9.42 Å². The van der Waals surface area contributed by atoms with E-state index in [0.29, 0.717) is 30.1 Å². The molecule has 1 atom stereocenters. The van der Waals surface area contributed by atoms with Crippen LogP contribution in [0, 0.1) is 0 Å². The highest BCUT2D eigenvalue weighted by Gasteiger charge is 2.32. The molecule has 8 heteroatoms. The molecule has 2 amide bonds. The van der Waals surface area contributed by atoms with E-state index in [9.17, 15) is 9.59 Å². The van der Waals surface area contributed by atoms with E-state index in [0.717, 1.165) is 16.8 Å². The topological polar surface area (TPSA) is 88.8 Å². The second-order valence-electron chi connectivity index (χ2n) is 6.66. The van der Waals surface area contributed by atoms with E-state index in [1.807, 2.05) is 37.4 Å². The molecular weight excluding hydrogens is 346 g/mol. The molecule has 27 heavy (non-hydrogen) atoms. The second kappa shape index (κ2) is 5.80. The summed E-state index contributed by atoms with van der Waals surface area (Å²) in [6.45, 7) is 2.50. The molecule has 2 aromatic heterocycles. The molecule has 0 aliphatic carbocycles. The van der Waals surface area contributed by atoms with Crippen LogP contribution in [0.3, 0.4) is 0 Å². The maximum Gasteiger partial charge on any atom is 0.265 e. The van der Waals surface area contributed by atoms with Crippen molar-refractivity contribution in [2.45, 2.75) is 19.3 Å². The van der Waals surface area contributed by atoms with E-state index < -0.39 is 0 Å². The number of amides is 2. The molecule has 1 unspecified atom stereocenters. The predicted molar refractivity (Wildman–Crippen MR) is 98.0 cm³/mol. The van der Waals surface area contributed by atoms with E-state index in [1.165, 1.54) is 6.33 Å². The standard InChI is InChI=1S/C19H17N5O3/c1-2-23-15-8-14-13(6-16(15)27-9-19(23)26)12(7-18(25)22-14)11-3-4-24-17(5-11)20-10-21-24/h3-6,8,10,12H,2,7,9H2,1H3,(H,22,25). The fraction of sp³-hybridized carbons (Fsp3) is 0.263. The zero-order chi connectivity index (χ0) is 18.5. The molecule has 0 radical (unpaired) electrons. The fourth-order valence-electron chi connectivity index (χ4n) is 3.85. The molecule has 2 aliphatic heterocycles. The summed E-state index contributed by atoms with van der Waals surface area (Å²) in [6.07, 6.45) is 3.68. The number of nitrogens with zero attached hydrogens (tertiary/aromatic N) is 4. The van der Waals surface area contributed by atoms with Gasteiger partial charge in [0.2, 0.25) is 5.91 Å². The number of fused-ring (bicyclic) bond motifs is 3. The first-order chi connectivity index (χ1) is 13.1. The molecule has 3 aromatic rings. The van der Waals surface area contributed by atoms with Crippen molar-refractivity contribution < 1.29 is 14.3 Å². The first-order valence-corrected chi connectivity index (χ1v) is 8.84. The summed E-state index contributed by atoms with van der Waals surface area (Å²) in [6, 6.07) is 7.68. The summed E-state index contributed by atoms with van der Waals surface area (Å²) in [4.78, 5) is 30.4. The largest absolute Gasteiger partial charge is 0.482 e. The van der Waals surface area contributed by atoms with E-state index >= 15 is 0 Å². The number of carbonyl (C=O) groups excluding carboxylic acids is 2. The van der Waals surface area contributed by atoms with Crippen molar-refractivity contribution >= 4 is 28.8 Å². The number of nitrogens with one attached hydrogen (secondary N) is 1. The Bertz CT molecular complexity index is 1090. The van der Waals surface area contributed by atoms with E-state index in [4.69, 9.17) is 4.74 Å². The zero-order valence-corrected chi connectivity index (χ0v) is 14.7. The van der Waals surface area contributed by atoms with Crippen LogP contribution in [0.4, 0.5) is 11.4 Å². The van der Waals surface area contributed by atoms with Gasteiger partial charge in [-0.15, -0.1) is 0 Å².